The molecule has 1 unspecified atom stereocenters. The van der Waals surface area contributed by atoms with Crippen LogP contribution in [0.15, 0.2) is 31.9 Å². The molecule has 1 aromatic carbocycles. The Hall–Kier alpha value is -1.38. The third kappa shape index (κ3) is 4.83. The summed E-state index contributed by atoms with van der Waals surface area (Å²) in [6.45, 7) is 16.3. The van der Waals surface area contributed by atoms with Gasteiger partial charge in [-0.15, -0.1) is 0 Å². The van der Waals surface area contributed by atoms with Gasteiger partial charge in [-0.1, -0.05) is 68.8 Å². The second-order valence-corrected chi connectivity index (χ2v) is 8.62. The van der Waals surface area contributed by atoms with Crippen molar-refractivity contribution in [3.63, 3.8) is 0 Å². The summed E-state index contributed by atoms with van der Waals surface area (Å²) in [6.07, 6.45) is 4.35. The highest BCUT2D eigenvalue weighted by molar-refractivity contribution is 8.24. The molecular formula is C20H25NO2S2. The Morgan fingerprint density at radius 2 is 1.80 bits per heavy atom. The summed E-state index contributed by atoms with van der Waals surface area (Å²) < 4.78 is 6.22. The molecule has 1 aromatic rings. The minimum atomic E-state index is -0.483. The molecule has 0 aliphatic carbocycles. The van der Waals surface area contributed by atoms with Gasteiger partial charge >= 0.3 is 5.97 Å². The molecule has 0 radical (unpaired) electrons. The molecule has 134 valence electrons. The van der Waals surface area contributed by atoms with E-state index in [9.17, 15) is 4.79 Å². The number of thioether (sulfide) groups is 2. The lowest BCUT2D eigenvalue weighted by atomic mass is 10.0. The van der Waals surface area contributed by atoms with Gasteiger partial charge in [-0.25, -0.2) is 4.85 Å². The molecule has 0 spiro atoms. The minimum absolute atomic E-state index is 0.121. The van der Waals surface area contributed by atoms with Gasteiger partial charge in [0.25, 0.3) is 5.70 Å². The first-order valence-corrected chi connectivity index (χ1v) is 10.4. The van der Waals surface area contributed by atoms with Gasteiger partial charge in [-0.2, -0.15) is 0 Å². The Labute approximate surface area is 159 Å². The maximum Gasteiger partial charge on any atom is 0.338 e. The fourth-order valence-corrected chi connectivity index (χ4v) is 5.35. The van der Waals surface area contributed by atoms with Gasteiger partial charge in [0.05, 0.1) is 17.4 Å². The number of hydrogen-bond donors (Lipinski definition) is 0. The quantitative estimate of drug-likeness (QED) is 0.316. The topological polar surface area (TPSA) is 30.7 Å². The molecule has 5 heteroatoms. The van der Waals surface area contributed by atoms with E-state index in [0.29, 0.717) is 12.5 Å². The molecule has 0 saturated carbocycles. The predicted molar refractivity (Wildman–Crippen MR) is 106 cm³/mol. The van der Waals surface area contributed by atoms with Crippen LogP contribution in [0.5, 0.6) is 0 Å². The first-order valence-electron chi connectivity index (χ1n) is 8.76. The van der Waals surface area contributed by atoms with Crippen LogP contribution in [0.1, 0.15) is 50.7 Å². The van der Waals surface area contributed by atoms with Gasteiger partial charge in [-0.05, 0) is 37.3 Å². The Balaban J connectivity index is 2.11. The minimum Gasteiger partial charge on any atom is -0.470 e. The second kappa shape index (κ2) is 9.35. The zero-order valence-electron chi connectivity index (χ0n) is 15.3. The molecule has 1 aliphatic heterocycles. The summed E-state index contributed by atoms with van der Waals surface area (Å²) in [5.74, 6) is -0.102. The van der Waals surface area contributed by atoms with E-state index < -0.39 is 5.97 Å². The number of carbonyl (C=O) groups excluding carboxylic acids is 1. The lowest BCUT2D eigenvalue weighted by Crippen LogP contribution is -2.14. The normalized spacial score (nSPS) is 14.0. The first-order chi connectivity index (χ1) is 12.0. The van der Waals surface area contributed by atoms with Crippen LogP contribution >= 0.6 is 23.5 Å². The van der Waals surface area contributed by atoms with Crippen LogP contribution in [0.2, 0.25) is 0 Å². The zero-order valence-corrected chi connectivity index (χ0v) is 17.0. The Morgan fingerprint density at radius 1 is 1.20 bits per heavy atom. The maximum absolute atomic E-state index is 12.5. The highest BCUT2D eigenvalue weighted by Gasteiger charge is 2.28. The number of esters is 1. The highest BCUT2D eigenvalue weighted by Crippen LogP contribution is 2.54. The van der Waals surface area contributed by atoms with E-state index in [2.05, 4.69) is 44.7 Å². The number of unbranched alkanes of at least 4 members (excludes halogenated alkanes) is 1. The molecule has 0 amide bonds. The van der Waals surface area contributed by atoms with Crippen LogP contribution in [0.4, 0.5) is 0 Å². The maximum atomic E-state index is 12.5. The largest absolute Gasteiger partial charge is 0.470 e. The average molecular weight is 376 g/mol. The second-order valence-electron chi connectivity index (χ2n) is 6.32. The van der Waals surface area contributed by atoms with Crippen molar-refractivity contribution in [3.8, 4) is 0 Å². The Bertz CT molecular complexity index is 686. The average Bonchev–Trinajstić information content (AvgIpc) is 3.05. The van der Waals surface area contributed by atoms with E-state index in [1.165, 1.54) is 34.7 Å². The number of hydrogen-bond acceptors (Lipinski definition) is 4. The molecule has 1 heterocycles. The van der Waals surface area contributed by atoms with Crippen LogP contribution in [0.3, 0.4) is 0 Å². The van der Waals surface area contributed by atoms with Gasteiger partial charge in [0.15, 0.2) is 0 Å². The van der Waals surface area contributed by atoms with Crippen LogP contribution in [-0.2, 0) is 9.53 Å². The lowest BCUT2D eigenvalue weighted by molar-refractivity contribution is -0.140. The van der Waals surface area contributed by atoms with Crippen molar-refractivity contribution in [3.05, 3.63) is 44.6 Å². The molecule has 0 saturated heterocycles. The summed E-state index contributed by atoms with van der Waals surface area (Å²) in [4.78, 5) is 18.3. The molecule has 0 N–H and O–H groups in total. The van der Waals surface area contributed by atoms with Crippen LogP contribution in [-0.4, -0.2) is 12.6 Å². The fourth-order valence-electron chi connectivity index (χ4n) is 2.65. The van der Waals surface area contributed by atoms with E-state index in [1.54, 1.807) is 0 Å². The lowest BCUT2D eigenvalue weighted by Gasteiger charge is -2.14. The summed E-state index contributed by atoms with van der Waals surface area (Å²) >= 11 is 3.04. The highest BCUT2D eigenvalue weighted by atomic mass is 32.2. The van der Waals surface area contributed by atoms with Gasteiger partial charge in [0.1, 0.15) is 0 Å². The van der Waals surface area contributed by atoms with Gasteiger partial charge in [0, 0.05) is 9.79 Å². The molecule has 0 fully saturated rings. The van der Waals surface area contributed by atoms with Gasteiger partial charge < -0.3 is 4.74 Å². The number of nitrogens with zero attached hydrogens (tertiary/aromatic N) is 1. The van der Waals surface area contributed by atoms with E-state index >= 15 is 0 Å². The SMILES string of the molecule is [C-]#[N+]C(C(=O)OCC(CC)CCCC)=C1Sc2c(C)ccc(C)c2S1. The number of rotatable bonds is 7. The fraction of sp³-hybridized carbons (Fsp3) is 0.500. The molecule has 1 aliphatic rings. The Kier molecular flexibility index (Phi) is 7.46. The standard InChI is InChI=1S/C20H25NO2S2/c1-6-8-9-15(7-2)12-23-19(22)16(21-5)20-24-17-13(3)10-11-14(4)18(17)25-20/h10-11,15H,6-9,12H2,1-4H3. The molecule has 1 atom stereocenters. The van der Waals surface area contributed by atoms with Crippen molar-refractivity contribution in [2.45, 2.75) is 63.2 Å². The van der Waals surface area contributed by atoms with Crippen molar-refractivity contribution in [1.29, 1.82) is 0 Å². The molecule has 0 bridgehead atoms. The summed E-state index contributed by atoms with van der Waals surface area (Å²) in [5, 5.41) is 0. The van der Waals surface area contributed by atoms with Crippen molar-refractivity contribution in [2.24, 2.45) is 5.92 Å². The predicted octanol–water partition coefficient (Wildman–Crippen LogP) is 6.35. The van der Waals surface area contributed by atoms with Crippen molar-refractivity contribution in [2.75, 3.05) is 6.61 Å². The van der Waals surface area contributed by atoms with E-state index in [-0.39, 0.29) is 5.70 Å². The number of aryl methyl sites for hydroxylation is 2. The summed E-state index contributed by atoms with van der Waals surface area (Å²) in [6, 6.07) is 4.17. The van der Waals surface area contributed by atoms with Crippen molar-refractivity contribution in [1.82, 2.24) is 0 Å². The van der Waals surface area contributed by atoms with E-state index in [0.717, 1.165) is 39.7 Å². The molecule has 0 aromatic heterocycles. The smallest absolute Gasteiger partial charge is 0.338 e. The van der Waals surface area contributed by atoms with E-state index in [4.69, 9.17) is 11.3 Å². The van der Waals surface area contributed by atoms with Crippen LogP contribution in [0, 0.1) is 26.3 Å². The van der Waals surface area contributed by atoms with Gasteiger partial charge in [0.2, 0.25) is 0 Å². The number of benzene rings is 1. The summed E-state index contributed by atoms with van der Waals surface area (Å²) in [5.41, 5.74) is 2.48. The first kappa shape index (κ1) is 19.9. The number of ether oxygens (including phenoxy) is 1. The van der Waals surface area contributed by atoms with Crippen molar-refractivity contribution >= 4 is 29.5 Å². The van der Waals surface area contributed by atoms with Crippen LogP contribution < -0.4 is 0 Å². The third-order valence-electron chi connectivity index (χ3n) is 4.39. The number of carbonyl (C=O) groups is 1. The Morgan fingerprint density at radius 3 is 2.28 bits per heavy atom. The van der Waals surface area contributed by atoms with Crippen LogP contribution in [0.25, 0.3) is 4.85 Å². The molecule has 25 heavy (non-hydrogen) atoms. The third-order valence-corrected chi connectivity index (χ3v) is 7.23. The van der Waals surface area contributed by atoms with Gasteiger partial charge in [-0.3, -0.25) is 4.79 Å². The van der Waals surface area contributed by atoms with E-state index in [1.807, 2.05) is 0 Å². The summed E-state index contributed by atoms with van der Waals surface area (Å²) in [7, 11) is 0. The number of fused-ring (bicyclic) bond motifs is 1. The molecule has 2 rings (SSSR count). The van der Waals surface area contributed by atoms with Crippen molar-refractivity contribution < 1.29 is 9.53 Å². The zero-order chi connectivity index (χ0) is 18.4. The molecule has 3 nitrogen and oxygen atoms in total. The monoisotopic (exact) mass is 375 g/mol. The molecular weight excluding hydrogens is 350 g/mol.